The summed E-state index contributed by atoms with van der Waals surface area (Å²) < 4.78 is 6.04. The molecule has 1 amide bonds. The first kappa shape index (κ1) is 24.7. The number of benzene rings is 2. The van der Waals surface area contributed by atoms with Crippen molar-refractivity contribution in [2.45, 2.75) is 39.0 Å². The highest BCUT2D eigenvalue weighted by Gasteiger charge is 2.36. The summed E-state index contributed by atoms with van der Waals surface area (Å²) in [6, 6.07) is 19.1. The Kier molecular flexibility index (Phi) is 6.57. The molecule has 2 aromatic heterocycles. The lowest BCUT2D eigenvalue weighted by atomic mass is 9.81. The van der Waals surface area contributed by atoms with Gasteiger partial charge in [0, 0.05) is 30.2 Å². The maximum atomic E-state index is 13.1. The summed E-state index contributed by atoms with van der Waals surface area (Å²) in [5.41, 5.74) is 3.71. The minimum atomic E-state index is -0.573. The number of aryl methyl sites for hydroxylation is 1. The van der Waals surface area contributed by atoms with Gasteiger partial charge in [-0.15, -0.1) is 0 Å². The summed E-state index contributed by atoms with van der Waals surface area (Å²) in [4.78, 5) is 30.6. The zero-order chi connectivity index (χ0) is 26.2. The van der Waals surface area contributed by atoms with E-state index in [1.54, 1.807) is 31.3 Å². The largest absolute Gasteiger partial charge is 0.437 e. The molecule has 0 spiro atoms. The first-order valence-corrected chi connectivity index (χ1v) is 12.7. The molecule has 6 nitrogen and oxygen atoms in total. The van der Waals surface area contributed by atoms with E-state index in [2.05, 4.69) is 16.4 Å². The highest BCUT2D eigenvalue weighted by atomic mass is 35.5. The van der Waals surface area contributed by atoms with Gasteiger partial charge < -0.3 is 9.73 Å². The van der Waals surface area contributed by atoms with Gasteiger partial charge in [-0.1, -0.05) is 72.5 Å². The molecule has 37 heavy (non-hydrogen) atoms. The van der Waals surface area contributed by atoms with Gasteiger partial charge >= 0.3 is 0 Å². The van der Waals surface area contributed by atoms with Gasteiger partial charge in [-0.25, -0.2) is 4.98 Å². The van der Waals surface area contributed by atoms with Crippen molar-refractivity contribution < 1.29 is 14.0 Å². The van der Waals surface area contributed by atoms with E-state index in [0.29, 0.717) is 33.4 Å². The fraction of sp³-hybridized carbons (Fsp3) is 0.267. The van der Waals surface area contributed by atoms with Crippen LogP contribution < -0.4 is 5.32 Å². The molecule has 0 aliphatic heterocycles. The maximum Gasteiger partial charge on any atom is 0.255 e. The van der Waals surface area contributed by atoms with Crippen molar-refractivity contribution in [2.75, 3.05) is 7.05 Å². The number of carbonyl (C=O) groups is 2. The lowest BCUT2D eigenvalue weighted by Gasteiger charge is -2.19. The molecule has 1 aliphatic rings. The van der Waals surface area contributed by atoms with E-state index in [0.717, 1.165) is 36.8 Å². The number of pyridine rings is 1. The first-order chi connectivity index (χ1) is 17.8. The van der Waals surface area contributed by atoms with Crippen LogP contribution in [-0.2, 0) is 0 Å². The summed E-state index contributed by atoms with van der Waals surface area (Å²) in [7, 11) is 1.57. The Balaban J connectivity index is 1.58. The van der Waals surface area contributed by atoms with E-state index in [1.165, 1.54) is 0 Å². The highest BCUT2D eigenvalue weighted by molar-refractivity contribution is 6.32. The predicted molar refractivity (Wildman–Crippen MR) is 143 cm³/mol. The van der Waals surface area contributed by atoms with Crippen LogP contribution >= 0.6 is 11.6 Å². The quantitative estimate of drug-likeness (QED) is 0.219. The topological polar surface area (TPSA) is 96.0 Å². The number of ketones is 1. The van der Waals surface area contributed by atoms with Crippen molar-refractivity contribution >= 4 is 34.4 Å². The average Bonchev–Trinajstić information content (AvgIpc) is 3.53. The molecular weight excluding hydrogens is 486 g/mol. The molecule has 1 fully saturated rings. The molecule has 186 valence electrons. The Morgan fingerprint density at radius 3 is 2.51 bits per heavy atom. The number of carbonyl (C=O) groups excluding carboxylic acids is 2. The van der Waals surface area contributed by atoms with Crippen LogP contribution in [0, 0.1) is 23.7 Å². The smallest absolute Gasteiger partial charge is 0.255 e. The maximum absolute atomic E-state index is 13.1. The van der Waals surface area contributed by atoms with Gasteiger partial charge in [0.1, 0.15) is 10.9 Å². The number of nitrogens with zero attached hydrogens (tertiary/aromatic N) is 2. The number of aromatic nitrogens is 1. The van der Waals surface area contributed by atoms with E-state index in [1.807, 2.05) is 37.3 Å². The van der Waals surface area contributed by atoms with Gasteiger partial charge in [-0.3, -0.25) is 9.59 Å². The Hall–Kier alpha value is -3.95. The molecule has 0 atom stereocenters. The fourth-order valence-corrected chi connectivity index (χ4v) is 5.35. The monoisotopic (exact) mass is 511 g/mol. The number of nitriles is 1. The van der Waals surface area contributed by atoms with E-state index in [-0.39, 0.29) is 29.0 Å². The van der Waals surface area contributed by atoms with Crippen molar-refractivity contribution in [2.24, 2.45) is 5.41 Å². The number of hydrogen-bond donors (Lipinski definition) is 1. The van der Waals surface area contributed by atoms with Crippen LogP contribution in [0.5, 0.6) is 0 Å². The fourth-order valence-electron chi connectivity index (χ4n) is 5.11. The number of rotatable bonds is 6. The van der Waals surface area contributed by atoms with Crippen LogP contribution in [-0.4, -0.2) is 23.7 Å². The SMILES string of the molecule is CNC(=O)c1c(-c2ccc(C)cc2)oc2nc(Cl)c(-c3cccc(C(=O)CC4(C#N)CCCC4)c3)cc12. The number of nitrogens with one attached hydrogen (secondary N) is 1. The molecule has 4 aromatic rings. The summed E-state index contributed by atoms with van der Waals surface area (Å²) in [5, 5.41) is 13.1. The van der Waals surface area contributed by atoms with E-state index >= 15 is 0 Å². The second-order valence-electron chi connectivity index (χ2n) is 9.71. The number of fused-ring (bicyclic) bond motifs is 1. The van der Waals surface area contributed by atoms with Crippen molar-refractivity contribution in [3.05, 3.63) is 76.4 Å². The van der Waals surface area contributed by atoms with Crippen molar-refractivity contribution in [3.8, 4) is 28.5 Å². The second kappa shape index (κ2) is 9.84. The summed E-state index contributed by atoms with van der Waals surface area (Å²) in [6.07, 6.45) is 3.68. The van der Waals surface area contributed by atoms with Gasteiger partial charge in [0.2, 0.25) is 5.71 Å². The Labute approximate surface area is 220 Å². The van der Waals surface area contributed by atoms with Crippen molar-refractivity contribution in [1.29, 1.82) is 5.26 Å². The van der Waals surface area contributed by atoms with E-state index in [9.17, 15) is 14.9 Å². The molecule has 0 radical (unpaired) electrons. The Morgan fingerprint density at radius 1 is 1.11 bits per heavy atom. The number of halogens is 1. The molecule has 1 N–H and O–H groups in total. The summed E-state index contributed by atoms with van der Waals surface area (Å²) in [6.45, 7) is 1.99. The van der Waals surface area contributed by atoms with Crippen LogP contribution in [0.2, 0.25) is 5.15 Å². The zero-order valence-corrected chi connectivity index (χ0v) is 21.5. The van der Waals surface area contributed by atoms with Crippen LogP contribution in [0.1, 0.15) is 58.4 Å². The number of Topliss-reactive ketones (excluding diaryl/α,β-unsaturated/α-hetero) is 1. The van der Waals surface area contributed by atoms with Crippen LogP contribution in [0.4, 0.5) is 0 Å². The minimum absolute atomic E-state index is 0.0634. The molecule has 1 aliphatic carbocycles. The Morgan fingerprint density at radius 2 is 1.84 bits per heavy atom. The number of amides is 1. The third kappa shape index (κ3) is 4.63. The Bertz CT molecular complexity index is 1560. The molecule has 2 aromatic carbocycles. The minimum Gasteiger partial charge on any atom is -0.437 e. The molecule has 2 heterocycles. The van der Waals surface area contributed by atoms with Crippen molar-refractivity contribution in [3.63, 3.8) is 0 Å². The third-order valence-corrected chi connectivity index (χ3v) is 7.48. The predicted octanol–water partition coefficient (Wildman–Crippen LogP) is 7.14. The average molecular weight is 512 g/mol. The van der Waals surface area contributed by atoms with Crippen molar-refractivity contribution in [1.82, 2.24) is 10.3 Å². The molecule has 5 rings (SSSR count). The standard InChI is InChI=1S/C30H26ClN3O3/c1-18-8-10-19(11-9-18)26-25(28(36)33-2)23-15-22(27(31)34-29(23)37-26)20-6-5-7-21(14-20)24(35)16-30(17-32)12-3-4-13-30/h5-11,14-15H,3-4,12-13,16H2,1-2H3,(H,33,36). The van der Waals surface area contributed by atoms with Gasteiger partial charge in [0.15, 0.2) is 5.78 Å². The molecular formula is C30H26ClN3O3. The molecule has 0 saturated heterocycles. The van der Waals surface area contributed by atoms with Gasteiger partial charge in [-0.05, 0) is 37.5 Å². The van der Waals surface area contributed by atoms with Crippen LogP contribution in [0.3, 0.4) is 0 Å². The van der Waals surface area contributed by atoms with Gasteiger partial charge in [0.25, 0.3) is 5.91 Å². The molecule has 0 unspecified atom stereocenters. The van der Waals surface area contributed by atoms with E-state index in [4.69, 9.17) is 16.0 Å². The van der Waals surface area contributed by atoms with Gasteiger partial charge in [-0.2, -0.15) is 5.26 Å². The molecule has 7 heteroatoms. The molecule has 1 saturated carbocycles. The lowest BCUT2D eigenvalue weighted by Crippen LogP contribution is -2.19. The zero-order valence-electron chi connectivity index (χ0n) is 20.7. The number of furan rings is 1. The highest BCUT2D eigenvalue weighted by Crippen LogP contribution is 2.42. The first-order valence-electron chi connectivity index (χ1n) is 12.3. The van der Waals surface area contributed by atoms with Crippen LogP contribution in [0.25, 0.3) is 33.6 Å². The van der Waals surface area contributed by atoms with Crippen LogP contribution in [0.15, 0.2) is 59.0 Å². The summed E-state index contributed by atoms with van der Waals surface area (Å²) >= 11 is 6.59. The molecule has 0 bridgehead atoms. The summed E-state index contributed by atoms with van der Waals surface area (Å²) in [5.74, 6) is 0.0514. The second-order valence-corrected chi connectivity index (χ2v) is 10.1. The normalized spacial score (nSPS) is 14.4. The van der Waals surface area contributed by atoms with E-state index < -0.39 is 5.41 Å². The lowest BCUT2D eigenvalue weighted by molar-refractivity contribution is 0.0939. The van der Waals surface area contributed by atoms with Gasteiger partial charge in [0.05, 0.1) is 22.4 Å². The third-order valence-electron chi connectivity index (χ3n) is 7.20. The number of hydrogen-bond acceptors (Lipinski definition) is 5.